The van der Waals surface area contributed by atoms with Gasteiger partial charge in [0, 0.05) is 44.9 Å². The van der Waals surface area contributed by atoms with E-state index in [1.807, 2.05) is 11.8 Å². The highest BCUT2D eigenvalue weighted by Crippen LogP contribution is 2.08. The van der Waals surface area contributed by atoms with Gasteiger partial charge < -0.3 is 15.4 Å². The molecule has 102 valence electrons. The first-order valence-electron chi connectivity index (χ1n) is 5.96. The Labute approximate surface area is 126 Å². The molecule has 1 heterocycles. The first-order chi connectivity index (χ1) is 7.84. The summed E-state index contributed by atoms with van der Waals surface area (Å²) in [4.78, 5) is 6.60. The quantitative estimate of drug-likeness (QED) is 0.334. The van der Waals surface area contributed by atoms with Crippen LogP contribution in [0.2, 0.25) is 0 Å². The first-order valence-corrected chi connectivity index (χ1v) is 7.11. The lowest BCUT2D eigenvalue weighted by Crippen LogP contribution is -2.42. The Morgan fingerprint density at radius 2 is 2.00 bits per heavy atom. The summed E-state index contributed by atoms with van der Waals surface area (Å²) in [5, 5.41) is 0. The second kappa shape index (κ2) is 11.4. The van der Waals surface area contributed by atoms with Gasteiger partial charge in [0.05, 0.1) is 0 Å². The van der Waals surface area contributed by atoms with Crippen LogP contribution in [0.4, 0.5) is 0 Å². The van der Waals surface area contributed by atoms with Crippen LogP contribution in [-0.4, -0.2) is 55.7 Å². The molecule has 1 rings (SSSR count). The number of hydrogen-bond acceptors (Lipinski definition) is 3. The Kier molecular flexibility index (Phi) is 11.6. The number of guanidine groups is 1. The Balaban J connectivity index is 0.00000256. The Morgan fingerprint density at radius 3 is 2.65 bits per heavy atom. The predicted molar refractivity (Wildman–Crippen MR) is 86.5 cm³/mol. The lowest BCUT2D eigenvalue weighted by Gasteiger charge is -2.27. The van der Waals surface area contributed by atoms with Crippen molar-refractivity contribution in [3.8, 4) is 0 Å². The minimum atomic E-state index is 0. The first kappa shape index (κ1) is 17.3. The normalized spacial score (nSPS) is 16.8. The fourth-order valence-electron chi connectivity index (χ4n) is 1.62. The molecule has 1 fully saturated rings. The van der Waals surface area contributed by atoms with Crippen molar-refractivity contribution in [2.24, 2.45) is 10.7 Å². The van der Waals surface area contributed by atoms with Gasteiger partial charge in [-0.05, 0) is 19.3 Å². The smallest absolute Gasteiger partial charge is 0.191 e. The fourth-order valence-corrected chi connectivity index (χ4v) is 2.52. The summed E-state index contributed by atoms with van der Waals surface area (Å²) in [6, 6.07) is 0. The third-order valence-corrected chi connectivity index (χ3v) is 3.56. The highest BCUT2D eigenvalue weighted by molar-refractivity contribution is 14.0. The van der Waals surface area contributed by atoms with Gasteiger partial charge in [0.25, 0.3) is 0 Å². The number of hydrogen-bond donors (Lipinski definition) is 1. The zero-order chi connectivity index (χ0) is 11.6. The zero-order valence-electron chi connectivity index (χ0n) is 10.6. The molecule has 2 N–H and O–H groups in total. The maximum Gasteiger partial charge on any atom is 0.191 e. The van der Waals surface area contributed by atoms with Crippen molar-refractivity contribution in [2.75, 3.05) is 44.9 Å². The van der Waals surface area contributed by atoms with Crippen LogP contribution in [0.5, 0.6) is 0 Å². The van der Waals surface area contributed by atoms with E-state index in [1.165, 1.54) is 17.9 Å². The third-order valence-electron chi connectivity index (χ3n) is 2.62. The van der Waals surface area contributed by atoms with Crippen LogP contribution in [0.3, 0.4) is 0 Å². The molecule has 0 spiro atoms. The summed E-state index contributed by atoms with van der Waals surface area (Å²) in [6.45, 7) is 3.79. The topological polar surface area (TPSA) is 50.9 Å². The fraction of sp³-hybridized carbons (Fsp3) is 0.909. The number of thioether (sulfide) groups is 1. The number of methoxy groups -OCH3 is 1. The summed E-state index contributed by atoms with van der Waals surface area (Å²) in [5.41, 5.74) is 5.93. The molecule has 0 aromatic carbocycles. The van der Waals surface area contributed by atoms with Crippen molar-refractivity contribution in [3.63, 3.8) is 0 Å². The molecule has 0 aromatic heterocycles. The summed E-state index contributed by atoms with van der Waals surface area (Å²) in [5.74, 6) is 3.07. The van der Waals surface area contributed by atoms with E-state index in [0.717, 1.165) is 45.0 Å². The highest BCUT2D eigenvalue weighted by atomic mass is 127. The molecule has 0 atom stereocenters. The van der Waals surface area contributed by atoms with Crippen LogP contribution >= 0.6 is 35.7 Å². The van der Waals surface area contributed by atoms with Crippen LogP contribution < -0.4 is 5.73 Å². The molecule has 6 heteroatoms. The highest BCUT2D eigenvalue weighted by Gasteiger charge is 2.11. The van der Waals surface area contributed by atoms with Gasteiger partial charge in [-0.1, -0.05) is 0 Å². The minimum Gasteiger partial charge on any atom is -0.385 e. The molecule has 17 heavy (non-hydrogen) atoms. The average Bonchev–Trinajstić information content (AvgIpc) is 2.34. The van der Waals surface area contributed by atoms with Crippen molar-refractivity contribution in [1.29, 1.82) is 0 Å². The molecule has 1 aliphatic heterocycles. The number of halogens is 1. The Bertz CT molecular complexity index is 211. The van der Waals surface area contributed by atoms with Crippen LogP contribution in [0, 0.1) is 0 Å². The van der Waals surface area contributed by atoms with Crippen LogP contribution in [0.25, 0.3) is 0 Å². The van der Waals surface area contributed by atoms with E-state index in [1.54, 1.807) is 7.11 Å². The molecule has 0 radical (unpaired) electrons. The predicted octanol–water partition coefficient (Wildman–Crippen LogP) is 1.78. The van der Waals surface area contributed by atoms with Crippen LogP contribution in [-0.2, 0) is 4.74 Å². The SMILES string of the molecule is COCCCCCN=C(N)N1CCSCC1.I. The summed E-state index contributed by atoms with van der Waals surface area (Å²) < 4.78 is 4.99. The van der Waals surface area contributed by atoms with Crippen molar-refractivity contribution in [1.82, 2.24) is 4.90 Å². The zero-order valence-corrected chi connectivity index (χ0v) is 13.7. The maximum atomic E-state index is 5.93. The standard InChI is InChI=1S/C11H23N3OS.HI/c1-15-8-4-2-3-5-13-11(12)14-6-9-16-10-7-14;/h2-10H2,1H3,(H2,12,13);1H. The third kappa shape index (κ3) is 8.10. The number of aliphatic imine (C=N–C) groups is 1. The van der Waals surface area contributed by atoms with Gasteiger partial charge >= 0.3 is 0 Å². The molecule has 1 aliphatic rings. The number of nitrogens with two attached hydrogens (primary N) is 1. The van der Waals surface area contributed by atoms with Crippen molar-refractivity contribution < 1.29 is 4.74 Å². The Morgan fingerprint density at radius 1 is 1.29 bits per heavy atom. The average molecular weight is 373 g/mol. The lowest BCUT2D eigenvalue weighted by molar-refractivity contribution is 0.192. The molecular formula is C11H24IN3OS. The van der Waals surface area contributed by atoms with Crippen LogP contribution in [0.1, 0.15) is 19.3 Å². The number of ether oxygens (including phenoxy) is 1. The second-order valence-corrected chi connectivity index (χ2v) is 5.12. The molecule has 0 unspecified atom stereocenters. The molecule has 0 bridgehead atoms. The summed E-state index contributed by atoms with van der Waals surface area (Å²) in [7, 11) is 1.74. The van der Waals surface area contributed by atoms with E-state index >= 15 is 0 Å². The van der Waals surface area contributed by atoms with E-state index in [-0.39, 0.29) is 24.0 Å². The summed E-state index contributed by atoms with van der Waals surface area (Å²) in [6.07, 6.45) is 3.39. The lowest BCUT2D eigenvalue weighted by atomic mass is 10.2. The van der Waals surface area contributed by atoms with Crippen molar-refractivity contribution >= 4 is 41.7 Å². The molecule has 1 saturated heterocycles. The number of unbranched alkanes of at least 4 members (excludes halogenated alkanes) is 2. The van der Waals surface area contributed by atoms with Gasteiger partial charge in [-0.2, -0.15) is 11.8 Å². The van der Waals surface area contributed by atoms with Crippen LogP contribution in [0.15, 0.2) is 4.99 Å². The Hall–Kier alpha value is 0.310. The van der Waals surface area contributed by atoms with Crippen molar-refractivity contribution in [3.05, 3.63) is 0 Å². The van der Waals surface area contributed by atoms with Gasteiger partial charge in [-0.15, -0.1) is 24.0 Å². The largest absolute Gasteiger partial charge is 0.385 e. The minimum absolute atomic E-state index is 0. The number of rotatable bonds is 6. The molecule has 0 aliphatic carbocycles. The van der Waals surface area contributed by atoms with Gasteiger partial charge in [0.2, 0.25) is 0 Å². The van der Waals surface area contributed by atoms with Gasteiger partial charge in [0.1, 0.15) is 0 Å². The molecule has 4 nitrogen and oxygen atoms in total. The molecular weight excluding hydrogens is 349 g/mol. The van der Waals surface area contributed by atoms with Crippen molar-refractivity contribution in [2.45, 2.75) is 19.3 Å². The number of nitrogens with zero attached hydrogens (tertiary/aromatic N) is 2. The van der Waals surface area contributed by atoms with E-state index in [9.17, 15) is 0 Å². The van der Waals surface area contributed by atoms with Gasteiger partial charge in [-0.25, -0.2) is 0 Å². The molecule has 0 aromatic rings. The van der Waals surface area contributed by atoms with E-state index in [0.29, 0.717) is 0 Å². The van der Waals surface area contributed by atoms with E-state index < -0.39 is 0 Å². The van der Waals surface area contributed by atoms with Gasteiger partial charge in [-0.3, -0.25) is 4.99 Å². The maximum absolute atomic E-state index is 5.93. The second-order valence-electron chi connectivity index (χ2n) is 3.89. The molecule has 0 amide bonds. The van der Waals surface area contributed by atoms with Gasteiger partial charge in [0.15, 0.2) is 5.96 Å². The monoisotopic (exact) mass is 373 g/mol. The summed E-state index contributed by atoms with van der Waals surface area (Å²) >= 11 is 1.99. The van der Waals surface area contributed by atoms with E-state index in [2.05, 4.69) is 9.89 Å². The van der Waals surface area contributed by atoms with E-state index in [4.69, 9.17) is 10.5 Å². The molecule has 0 saturated carbocycles.